The molecule has 0 bridgehead atoms. The summed E-state index contributed by atoms with van der Waals surface area (Å²) in [5, 5.41) is 3.62. The first kappa shape index (κ1) is 17.0. The molecular formula is C18H17FN4O4. The Bertz CT molecular complexity index is 897. The van der Waals surface area contributed by atoms with Crippen LogP contribution in [-0.4, -0.2) is 37.1 Å². The Balaban J connectivity index is 1.43. The molecule has 2 aromatic rings. The van der Waals surface area contributed by atoms with Crippen LogP contribution >= 0.6 is 0 Å². The summed E-state index contributed by atoms with van der Waals surface area (Å²) in [4.78, 5) is 15.2. The number of halogens is 1. The molecule has 4 rings (SSSR count). The van der Waals surface area contributed by atoms with E-state index in [2.05, 4.69) is 9.68 Å². The van der Waals surface area contributed by atoms with Gasteiger partial charge in [-0.15, -0.1) is 0 Å². The van der Waals surface area contributed by atoms with Crippen molar-refractivity contribution in [3.63, 3.8) is 0 Å². The predicted molar refractivity (Wildman–Crippen MR) is 94.8 cm³/mol. The molecule has 1 atom stereocenters. The average Bonchev–Trinajstić information content (AvgIpc) is 3.30. The third-order valence-electron chi connectivity index (χ3n) is 4.23. The summed E-state index contributed by atoms with van der Waals surface area (Å²) < 4.78 is 29.9. The van der Waals surface area contributed by atoms with Gasteiger partial charge < -0.3 is 24.6 Å². The molecule has 0 spiro atoms. The van der Waals surface area contributed by atoms with Crippen LogP contribution in [0.1, 0.15) is 0 Å². The summed E-state index contributed by atoms with van der Waals surface area (Å²) in [7, 11) is 0. The number of hydrogen-bond donors (Lipinski definition) is 1. The molecule has 0 saturated carbocycles. The summed E-state index contributed by atoms with van der Waals surface area (Å²) in [6, 6.07) is 6.17. The van der Waals surface area contributed by atoms with Gasteiger partial charge in [0.1, 0.15) is 18.7 Å². The number of ether oxygens (including phenoxy) is 2. The molecule has 2 aliphatic heterocycles. The average molecular weight is 372 g/mol. The Morgan fingerprint density at radius 2 is 2.26 bits per heavy atom. The van der Waals surface area contributed by atoms with Crippen molar-refractivity contribution in [2.75, 3.05) is 29.5 Å². The Kier molecular flexibility index (Phi) is 4.41. The van der Waals surface area contributed by atoms with Gasteiger partial charge in [-0.05, 0) is 35.5 Å². The first-order valence-corrected chi connectivity index (χ1v) is 8.31. The van der Waals surface area contributed by atoms with Crippen molar-refractivity contribution in [2.24, 2.45) is 5.73 Å². The fourth-order valence-corrected chi connectivity index (χ4v) is 2.86. The monoisotopic (exact) mass is 372 g/mol. The smallest absolute Gasteiger partial charge is 0.414 e. The fourth-order valence-electron chi connectivity index (χ4n) is 2.86. The molecule has 1 fully saturated rings. The maximum Gasteiger partial charge on any atom is 0.414 e. The van der Waals surface area contributed by atoms with Crippen LogP contribution in [0.15, 0.2) is 59.1 Å². The van der Waals surface area contributed by atoms with Gasteiger partial charge in [0.15, 0.2) is 6.10 Å². The second-order valence-electron chi connectivity index (χ2n) is 6.07. The maximum atomic E-state index is 14.6. The first-order valence-electron chi connectivity index (χ1n) is 8.31. The van der Waals surface area contributed by atoms with Gasteiger partial charge in [-0.2, -0.15) is 0 Å². The van der Waals surface area contributed by atoms with Gasteiger partial charge in [-0.25, -0.2) is 9.18 Å². The van der Waals surface area contributed by atoms with E-state index in [1.54, 1.807) is 41.5 Å². The van der Waals surface area contributed by atoms with Crippen molar-refractivity contribution in [1.29, 1.82) is 0 Å². The number of aromatic nitrogens is 1. The van der Waals surface area contributed by atoms with Gasteiger partial charge in [0.2, 0.25) is 0 Å². The molecule has 8 nitrogen and oxygen atoms in total. The largest absolute Gasteiger partial charge is 0.471 e. The number of carbonyl (C=O) groups is 1. The molecule has 0 aliphatic carbocycles. The highest BCUT2D eigenvalue weighted by atomic mass is 19.1. The number of nitrogens with zero attached hydrogens (tertiary/aromatic N) is 3. The van der Waals surface area contributed by atoms with Crippen molar-refractivity contribution in [3.8, 4) is 5.88 Å². The quantitative estimate of drug-likeness (QED) is 0.861. The van der Waals surface area contributed by atoms with Crippen LogP contribution in [0.4, 0.5) is 20.6 Å². The Morgan fingerprint density at radius 3 is 2.96 bits per heavy atom. The topological polar surface area (TPSA) is 94.1 Å². The molecule has 9 heteroatoms. The molecule has 1 saturated heterocycles. The molecule has 2 aliphatic rings. The van der Waals surface area contributed by atoms with E-state index < -0.39 is 18.0 Å². The summed E-state index contributed by atoms with van der Waals surface area (Å²) in [5.74, 6) is -0.134. The van der Waals surface area contributed by atoms with Gasteiger partial charge in [0.25, 0.3) is 5.88 Å². The maximum absolute atomic E-state index is 14.6. The molecule has 140 valence electrons. The minimum atomic E-state index is -0.551. The summed E-state index contributed by atoms with van der Waals surface area (Å²) in [6.45, 7) is 0.853. The van der Waals surface area contributed by atoms with Crippen molar-refractivity contribution in [1.82, 2.24) is 5.16 Å². The number of nitrogens with two attached hydrogens (primary N) is 1. The van der Waals surface area contributed by atoms with Gasteiger partial charge in [-0.3, -0.25) is 4.90 Å². The molecule has 1 aromatic heterocycles. The van der Waals surface area contributed by atoms with Crippen LogP contribution < -0.4 is 20.3 Å². The zero-order valence-corrected chi connectivity index (χ0v) is 14.2. The minimum Gasteiger partial charge on any atom is -0.471 e. The SMILES string of the molecule is NC1=CCN(c2ccc(N3C[C@H](COc4ccon4)OC3=O)cc2F)C=C1. The van der Waals surface area contributed by atoms with E-state index >= 15 is 0 Å². The van der Waals surface area contributed by atoms with E-state index in [9.17, 15) is 9.18 Å². The van der Waals surface area contributed by atoms with Gasteiger partial charge in [0, 0.05) is 24.5 Å². The van der Waals surface area contributed by atoms with E-state index in [0.717, 1.165) is 0 Å². The molecule has 3 heterocycles. The van der Waals surface area contributed by atoms with Crippen LogP contribution in [0, 0.1) is 5.82 Å². The first-order chi connectivity index (χ1) is 13.1. The Morgan fingerprint density at radius 1 is 1.37 bits per heavy atom. The highest BCUT2D eigenvalue weighted by Gasteiger charge is 2.33. The highest BCUT2D eigenvalue weighted by molar-refractivity contribution is 5.90. The molecule has 1 amide bonds. The van der Waals surface area contributed by atoms with E-state index in [0.29, 0.717) is 29.5 Å². The van der Waals surface area contributed by atoms with Crippen molar-refractivity contribution >= 4 is 17.5 Å². The molecule has 0 unspecified atom stereocenters. The van der Waals surface area contributed by atoms with Crippen molar-refractivity contribution in [2.45, 2.75) is 6.10 Å². The molecule has 2 N–H and O–H groups in total. The van der Waals surface area contributed by atoms with E-state index in [1.807, 2.05) is 0 Å². The van der Waals surface area contributed by atoms with Crippen molar-refractivity contribution < 1.29 is 23.2 Å². The van der Waals surface area contributed by atoms with Gasteiger partial charge in [0.05, 0.1) is 17.9 Å². The predicted octanol–water partition coefficient (Wildman–Crippen LogP) is 2.39. The molecule has 1 aromatic carbocycles. The number of amides is 1. The molecular weight excluding hydrogens is 355 g/mol. The number of benzene rings is 1. The third kappa shape index (κ3) is 3.57. The van der Waals surface area contributed by atoms with E-state index in [1.165, 1.54) is 17.2 Å². The summed E-state index contributed by atoms with van der Waals surface area (Å²) >= 11 is 0. The normalized spacial score (nSPS) is 19.2. The minimum absolute atomic E-state index is 0.127. The van der Waals surface area contributed by atoms with Crippen LogP contribution in [0.3, 0.4) is 0 Å². The highest BCUT2D eigenvalue weighted by Crippen LogP contribution is 2.29. The number of anilines is 2. The summed E-state index contributed by atoms with van der Waals surface area (Å²) in [6.07, 6.45) is 5.56. The number of carbonyl (C=O) groups excluding carboxylic acids is 1. The number of rotatable bonds is 5. The van der Waals surface area contributed by atoms with Crippen molar-refractivity contribution in [3.05, 3.63) is 60.4 Å². The zero-order valence-electron chi connectivity index (χ0n) is 14.2. The summed E-state index contributed by atoms with van der Waals surface area (Å²) in [5.41, 5.74) is 7.14. The second kappa shape index (κ2) is 7.02. The second-order valence-corrected chi connectivity index (χ2v) is 6.07. The van der Waals surface area contributed by atoms with E-state index in [4.69, 9.17) is 15.2 Å². The van der Waals surface area contributed by atoms with Crippen LogP contribution in [0.2, 0.25) is 0 Å². The fraction of sp³-hybridized carbons (Fsp3) is 0.222. The molecule has 0 radical (unpaired) electrons. The van der Waals surface area contributed by atoms with Crippen LogP contribution in [-0.2, 0) is 4.74 Å². The Hall–Kier alpha value is -3.49. The zero-order chi connectivity index (χ0) is 18.8. The number of hydrogen-bond acceptors (Lipinski definition) is 7. The van der Waals surface area contributed by atoms with Gasteiger partial charge in [-0.1, -0.05) is 0 Å². The van der Waals surface area contributed by atoms with Crippen LogP contribution in [0.25, 0.3) is 0 Å². The standard InChI is InChI=1S/C18H17FN4O4/c19-15-9-13(1-2-16(15)22-6-3-12(20)4-7-22)23-10-14(27-18(23)24)11-25-17-5-8-26-21-17/h1-6,8-9,14H,7,10-11,20H2/t14-/m1/s1. The lowest BCUT2D eigenvalue weighted by Crippen LogP contribution is -2.27. The number of allylic oxidation sites excluding steroid dienone is 1. The van der Waals surface area contributed by atoms with Gasteiger partial charge >= 0.3 is 6.09 Å². The van der Waals surface area contributed by atoms with E-state index in [-0.39, 0.29) is 13.2 Å². The molecule has 27 heavy (non-hydrogen) atoms. The lowest BCUT2D eigenvalue weighted by atomic mass is 10.2. The lowest BCUT2D eigenvalue weighted by molar-refractivity contribution is 0.102. The lowest BCUT2D eigenvalue weighted by Gasteiger charge is -2.23. The van der Waals surface area contributed by atoms with Crippen LogP contribution in [0.5, 0.6) is 5.88 Å². The third-order valence-corrected chi connectivity index (χ3v) is 4.23. The number of cyclic esters (lactones) is 1. The Labute approximate surface area is 154 Å².